The topological polar surface area (TPSA) is 75.1 Å². The number of rotatable bonds is 3. The predicted octanol–water partition coefficient (Wildman–Crippen LogP) is 2.49. The van der Waals surface area contributed by atoms with E-state index in [4.69, 9.17) is 16.7 Å². The third-order valence-electron chi connectivity index (χ3n) is 3.38. The van der Waals surface area contributed by atoms with Crippen LogP contribution >= 0.6 is 11.6 Å². The molecule has 1 aliphatic carbocycles. The second-order valence-corrected chi connectivity index (χ2v) is 5.03. The average Bonchev–Trinajstić information content (AvgIpc) is 2.36. The lowest BCUT2D eigenvalue weighted by Gasteiger charge is -2.27. The van der Waals surface area contributed by atoms with E-state index in [9.17, 15) is 4.79 Å². The summed E-state index contributed by atoms with van der Waals surface area (Å²) in [5.74, 6) is -0.252. The predicted molar refractivity (Wildman–Crippen MR) is 68.8 cm³/mol. The summed E-state index contributed by atoms with van der Waals surface area (Å²) in [6, 6.07) is 0.243. The maximum absolute atomic E-state index is 10.9. The summed E-state index contributed by atoms with van der Waals surface area (Å²) in [7, 11) is 0. The molecule has 0 aliphatic heterocycles. The summed E-state index contributed by atoms with van der Waals surface area (Å²) in [6.07, 6.45) is 4.54. The SMILES string of the molecule is Cc1ncnc(NC2CCC(C(=O)O)CC2)c1Cl. The van der Waals surface area contributed by atoms with Crippen LogP contribution in [0.25, 0.3) is 0 Å². The van der Waals surface area contributed by atoms with E-state index in [-0.39, 0.29) is 12.0 Å². The van der Waals surface area contributed by atoms with Crippen molar-refractivity contribution < 1.29 is 9.90 Å². The Morgan fingerprint density at radius 1 is 1.39 bits per heavy atom. The number of anilines is 1. The summed E-state index contributed by atoms with van der Waals surface area (Å²) in [5, 5.41) is 12.7. The van der Waals surface area contributed by atoms with Gasteiger partial charge in [0.2, 0.25) is 0 Å². The first-order valence-electron chi connectivity index (χ1n) is 6.04. The van der Waals surface area contributed by atoms with Gasteiger partial charge in [-0.3, -0.25) is 4.79 Å². The van der Waals surface area contributed by atoms with Gasteiger partial charge in [0.05, 0.1) is 11.6 Å². The number of aryl methyl sites for hydroxylation is 1. The van der Waals surface area contributed by atoms with Crippen molar-refractivity contribution in [1.29, 1.82) is 0 Å². The van der Waals surface area contributed by atoms with Crippen LogP contribution in [0.2, 0.25) is 5.02 Å². The lowest BCUT2D eigenvalue weighted by Crippen LogP contribution is -2.29. The minimum Gasteiger partial charge on any atom is -0.481 e. The molecule has 1 aromatic heterocycles. The number of carbonyl (C=O) groups is 1. The van der Waals surface area contributed by atoms with E-state index in [1.165, 1.54) is 6.33 Å². The van der Waals surface area contributed by atoms with Crippen molar-refractivity contribution in [3.05, 3.63) is 17.0 Å². The molecule has 0 radical (unpaired) electrons. The number of halogens is 1. The van der Waals surface area contributed by atoms with Gasteiger partial charge in [0.1, 0.15) is 17.2 Å². The van der Waals surface area contributed by atoms with E-state index in [1.807, 2.05) is 6.92 Å². The Labute approximate surface area is 111 Å². The van der Waals surface area contributed by atoms with Gasteiger partial charge >= 0.3 is 5.97 Å². The fourth-order valence-corrected chi connectivity index (χ4v) is 2.39. The fraction of sp³-hybridized carbons (Fsp3) is 0.583. The van der Waals surface area contributed by atoms with Gasteiger partial charge in [0, 0.05) is 6.04 Å². The van der Waals surface area contributed by atoms with Crippen LogP contribution < -0.4 is 5.32 Å². The minimum absolute atomic E-state index is 0.203. The van der Waals surface area contributed by atoms with Gasteiger partial charge in [-0.1, -0.05) is 11.6 Å². The number of nitrogens with zero attached hydrogens (tertiary/aromatic N) is 2. The largest absolute Gasteiger partial charge is 0.481 e. The van der Waals surface area contributed by atoms with Crippen molar-refractivity contribution in [1.82, 2.24) is 9.97 Å². The molecule has 5 nitrogen and oxygen atoms in total. The van der Waals surface area contributed by atoms with Crippen LogP contribution in [-0.4, -0.2) is 27.1 Å². The van der Waals surface area contributed by atoms with Gasteiger partial charge < -0.3 is 10.4 Å². The molecule has 0 amide bonds. The molecule has 1 aliphatic rings. The zero-order valence-electron chi connectivity index (χ0n) is 10.2. The smallest absolute Gasteiger partial charge is 0.306 e. The highest BCUT2D eigenvalue weighted by atomic mass is 35.5. The lowest BCUT2D eigenvalue weighted by molar-refractivity contribution is -0.142. The standard InChI is InChI=1S/C12H16ClN3O2/c1-7-10(13)11(15-6-14-7)16-9-4-2-8(3-5-9)12(17)18/h6,8-9H,2-5H2,1H3,(H,17,18)(H,14,15,16). The van der Waals surface area contributed by atoms with Gasteiger partial charge in [-0.15, -0.1) is 0 Å². The monoisotopic (exact) mass is 269 g/mol. The fourth-order valence-electron chi connectivity index (χ4n) is 2.24. The van der Waals surface area contributed by atoms with Crippen molar-refractivity contribution in [2.24, 2.45) is 5.92 Å². The van der Waals surface area contributed by atoms with E-state index < -0.39 is 5.97 Å². The third-order valence-corrected chi connectivity index (χ3v) is 3.83. The summed E-state index contributed by atoms with van der Waals surface area (Å²) in [6.45, 7) is 1.83. The molecule has 0 atom stereocenters. The molecule has 0 saturated heterocycles. The minimum atomic E-state index is -0.690. The molecule has 2 N–H and O–H groups in total. The maximum atomic E-state index is 10.9. The van der Waals surface area contributed by atoms with Crippen molar-refractivity contribution in [3.8, 4) is 0 Å². The van der Waals surface area contributed by atoms with Crippen LogP contribution in [0.3, 0.4) is 0 Å². The van der Waals surface area contributed by atoms with Crippen LogP contribution in [-0.2, 0) is 4.79 Å². The Morgan fingerprint density at radius 2 is 2.06 bits per heavy atom. The van der Waals surface area contributed by atoms with E-state index in [2.05, 4.69) is 15.3 Å². The quantitative estimate of drug-likeness (QED) is 0.882. The molecule has 1 aromatic rings. The summed E-state index contributed by atoms with van der Waals surface area (Å²) in [5.41, 5.74) is 0.744. The third kappa shape index (κ3) is 2.90. The van der Waals surface area contributed by atoms with Gasteiger partial charge in [-0.05, 0) is 32.6 Å². The molecular formula is C12H16ClN3O2. The first-order chi connectivity index (χ1) is 8.58. The van der Waals surface area contributed by atoms with Gasteiger partial charge in [-0.2, -0.15) is 0 Å². The number of hydrogen-bond acceptors (Lipinski definition) is 4. The van der Waals surface area contributed by atoms with Gasteiger partial charge in [0.25, 0.3) is 0 Å². The highest BCUT2D eigenvalue weighted by Gasteiger charge is 2.26. The highest BCUT2D eigenvalue weighted by molar-refractivity contribution is 6.33. The van der Waals surface area contributed by atoms with Gasteiger partial charge in [0.15, 0.2) is 0 Å². The Kier molecular flexibility index (Phi) is 4.01. The number of nitrogens with one attached hydrogen (secondary N) is 1. The van der Waals surface area contributed by atoms with E-state index >= 15 is 0 Å². The van der Waals surface area contributed by atoms with Crippen molar-refractivity contribution >= 4 is 23.4 Å². The molecule has 18 heavy (non-hydrogen) atoms. The van der Waals surface area contributed by atoms with E-state index in [0.29, 0.717) is 23.7 Å². The molecule has 1 heterocycles. The number of carboxylic acids is 1. The first-order valence-corrected chi connectivity index (χ1v) is 6.42. The Morgan fingerprint density at radius 3 is 2.67 bits per heavy atom. The van der Waals surface area contributed by atoms with Crippen molar-refractivity contribution in [2.45, 2.75) is 38.6 Å². The maximum Gasteiger partial charge on any atom is 0.306 e. The van der Waals surface area contributed by atoms with Crippen LogP contribution in [0, 0.1) is 12.8 Å². The lowest BCUT2D eigenvalue weighted by atomic mass is 9.86. The molecule has 0 unspecified atom stereocenters. The normalized spacial score (nSPS) is 23.7. The second-order valence-electron chi connectivity index (χ2n) is 4.65. The number of aliphatic carboxylic acids is 1. The average molecular weight is 270 g/mol. The van der Waals surface area contributed by atoms with Crippen LogP contribution in [0.1, 0.15) is 31.4 Å². The number of aromatic nitrogens is 2. The molecule has 0 aromatic carbocycles. The van der Waals surface area contributed by atoms with Crippen molar-refractivity contribution in [2.75, 3.05) is 5.32 Å². The van der Waals surface area contributed by atoms with Crippen LogP contribution in [0.4, 0.5) is 5.82 Å². The summed E-state index contributed by atoms with van der Waals surface area (Å²) < 4.78 is 0. The molecule has 1 saturated carbocycles. The van der Waals surface area contributed by atoms with Crippen LogP contribution in [0.5, 0.6) is 0 Å². The number of carboxylic acid groups (broad SMARTS) is 1. The summed E-state index contributed by atoms with van der Waals surface area (Å²) in [4.78, 5) is 19.0. The zero-order valence-corrected chi connectivity index (χ0v) is 10.9. The highest BCUT2D eigenvalue weighted by Crippen LogP contribution is 2.28. The Bertz CT molecular complexity index is 445. The molecule has 6 heteroatoms. The Hall–Kier alpha value is -1.36. The van der Waals surface area contributed by atoms with E-state index in [0.717, 1.165) is 18.5 Å². The van der Waals surface area contributed by atoms with Crippen molar-refractivity contribution in [3.63, 3.8) is 0 Å². The zero-order chi connectivity index (χ0) is 13.1. The summed E-state index contributed by atoms with van der Waals surface area (Å²) >= 11 is 6.11. The molecule has 1 fully saturated rings. The van der Waals surface area contributed by atoms with Crippen LogP contribution in [0.15, 0.2) is 6.33 Å². The molecule has 0 bridgehead atoms. The number of hydrogen-bond donors (Lipinski definition) is 2. The molecule has 98 valence electrons. The molecular weight excluding hydrogens is 254 g/mol. The Balaban J connectivity index is 1.96. The second kappa shape index (κ2) is 5.52. The van der Waals surface area contributed by atoms with E-state index in [1.54, 1.807) is 0 Å². The first kappa shape index (κ1) is 13.1. The van der Waals surface area contributed by atoms with Gasteiger partial charge in [-0.25, -0.2) is 9.97 Å². The molecule has 2 rings (SSSR count). The molecule has 0 spiro atoms.